The molecule has 0 aliphatic carbocycles. The summed E-state index contributed by atoms with van der Waals surface area (Å²) in [6.45, 7) is 0. The normalized spacial score (nSPS) is 11.2. The van der Waals surface area contributed by atoms with Gasteiger partial charge in [-0.15, -0.1) is 4.39 Å². The van der Waals surface area contributed by atoms with Gasteiger partial charge in [-0.3, -0.25) is 0 Å². The van der Waals surface area contributed by atoms with Crippen LogP contribution in [0.25, 0.3) is 0 Å². The first-order valence-electron chi connectivity index (χ1n) is 1.14. The topological polar surface area (TPSA) is 73.2 Å². The van der Waals surface area contributed by atoms with Gasteiger partial charge in [0.15, 0.2) is 0 Å². The second kappa shape index (κ2) is 5.25. The predicted octanol–water partition coefficient (Wildman–Crippen LogP) is -3.18. The van der Waals surface area contributed by atoms with Gasteiger partial charge in [0.25, 0.3) is 0 Å². The molecule has 0 saturated heterocycles. The van der Waals surface area contributed by atoms with Crippen LogP contribution in [0.15, 0.2) is 0 Å². The monoisotopic (exact) mass is 134 g/mol. The molecular formula is CH2FLiNO3S-. The predicted molar refractivity (Wildman–Crippen MR) is 20.0 cm³/mol. The average molecular weight is 134 g/mol. The van der Waals surface area contributed by atoms with Crippen molar-refractivity contribution < 1.29 is 37.6 Å². The van der Waals surface area contributed by atoms with E-state index in [-0.39, 0.29) is 20.3 Å². The number of hydrogen-bond donors (Lipinski definition) is 1. The summed E-state index contributed by atoms with van der Waals surface area (Å²) >= 11 is -2.95. The molecule has 1 atom stereocenters. The molecule has 0 aliphatic rings. The third-order valence-electron chi connectivity index (χ3n) is 0.141. The molecule has 44 valence electrons. The molecule has 8 heavy (non-hydrogen) atoms. The van der Waals surface area contributed by atoms with Crippen LogP contribution in [0, 0.1) is 5.41 Å². The van der Waals surface area contributed by atoms with Crippen molar-refractivity contribution in [2.24, 2.45) is 0 Å². The number of rotatable bonds is 1. The van der Waals surface area contributed by atoms with Gasteiger partial charge >= 0.3 is 25.0 Å². The summed E-state index contributed by atoms with van der Waals surface area (Å²) < 4.78 is 32.4. The van der Waals surface area contributed by atoms with E-state index in [0.29, 0.717) is 0 Å². The molecule has 0 aliphatic heterocycles. The summed E-state index contributed by atoms with van der Waals surface area (Å²) in [7, 11) is 0. The van der Waals surface area contributed by atoms with Gasteiger partial charge in [0, 0.05) is 0 Å². The molecule has 0 spiro atoms. The fourth-order valence-corrected chi connectivity index (χ4v) is 0.179. The maximum Gasteiger partial charge on any atom is 1.00 e. The Hall–Kier alpha value is 0.107. The summed E-state index contributed by atoms with van der Waals surface area (Å²) in [6, 6.07) is 0. The van der Waals surface area contributed by atoms with Crippen molar-refractivity contribution in [3.05, 3.63) is 0 Å². The van der Waals surface area contributed by atoms with Gasteiger partial charge in [-0.2, -0.15) is 0 Å². The standard InChI is InChI=1S/CH2FNO3S.Li.H/c2-1(3)6-7(4)5;;/h3H,(H,4,5);;/q;+1;-1/p-1. The largest absolute Gasteiger partial charge is 1.00 e. The summed E-state index contributed by atoms with van der Waals surface area (Å²) in [5.74, 6) is 0. The SMILES string of the molecule is N=C(F)OS(=O)[O-].[H-].[Li+]. The summed E-state index contributed by atoms with van der Waals surface area (Å²) in [5.41, 5.74) is 0. The zero-order chi connectivity index (χ0) is 5.86. The van der Waals surface area contributed by atoms with Gasteiger partial charge in [0.05, 0.1) is 0 Å². The minimum atomic E-state index is -2.95. The Bertz CT molecular complexity index is 100.0. The minimum Gasteiger partial charge on any atom is -1.00 e. The maximum atomic E-state index is 10.9. The summed E-state index contributed by atoms with van der Waals surface area (Å²) in [5, 5.41) is 5.74. The molecule has 0 amide bonds. The Balaban J connectivity index is -0.000000180. The molecule has 0 aromatic rings. The van der Waals surface area contributed by atoms with Crippen molar-refractivity contribution in [2.45, 2.75) is 0 Å². The smallest absolute Gasteiger partial charge is 1.00 e. The van der Waals surface area contributed by atoms with Crippen LogP contribution in [-0.4, -0.2) is 14.9 Å². The van der Waals surface area contributed by atoms with Gasteiger partial charge in [-0.25, -0.2) is 9.62 Å². The molecule has 4 nitrogen and oxygen atoms in total. The molecule has 0 aromatic carbocycles. The summed E-state index contributed by atoms with van der Waals surface area (Å²) in [4.78, 5) is 0. The Labute approximate surface area is 61.1 Å². The molecule has 0 bridgehead atoms. The molecule has 0 saturated carbocycles. The van der Waals surface area contributed by atoms with Crippen molar-refractivity contribution in [3.63, 3.8) is 0 Å². The number of halogens is 1. The van der Waals surface area contributed by atoms with Gasteiger partial charge in [0.1, 0.15) is 11.4 Å². The fraction of sp³-hybridized carbons (Fsp3) is 0. The van der Waals surface area contributed by atoms with Crippen LogP contribution in [0.2, 0.25) is 0 Å². The molecule has 0 fully saturated rings. The molecule has 1 unspecified atom stereocenters. The third-order valence-corrected chi connectivity index (χ3v) is 0.424. The average Bonchev–Trinajstić information content (AvgIpc) is 1.27. The van der Waals surface area contributed by atoms with E-state index in [2.05, 4.69) is 4.18 Å². The molecular weight excluding hydrogens is 132 g/mol. The van der Waals surface area contributed by atoms with Crippen molar-refractivity contribution in [2.75, 3.05) is 0 Å². The maximum absolute atomic E-state index is 10.9. The van der Waals surface area contributed by atoms with E-state index in [9.17, 15) is 13.2 Å². The van der Waals surface area contributed by atoms with E-state index in [1.807, 2.05) is 0 Å². The molecule has 0 radical (unpaired) electrons. The quantitative estimate of drug-likeness (QED) is 0.178. The second-order valence-corrected chi connectivity index (χ2v) is 1.14. The van der Waals surface area contributed by atoms with E-state index >= 15 is 0 Å². The molecule has 7 heteroatoms. The molecule has 1 N–H and O–H groups in total. The second-order valence-electron chi connectivity index (χ2n) is 0.561. The first-order valence-corrected chi connectivity index (χ1v) is 2.14. The van der Waals surface area contributed by atoms with E-state index in [4.69, 9.17) is 5.41 Å². The number of nitrogens with one attached hydrogen (secondary N) is 1. The van der Waals surface area contributed by atoms with Crippen LogP contribution in [-0.2, 0) is 15.5 Å². The van der Waals surface area contributed by atoms with Crippen molar-refractivity contribution in [1.82, 2.24) is 0 Å². The van der Waals surface area contributed by atoms with Gasteiger partial charge < -0.3 is 10.2 Å². The van der Waals surface area contributed by atoms with Crippen molar-refractivity contribution in [1.29, 1.82) is 5.41 Å². The van der Waals surface area contributed by atoms with E-state index in [0.717, 1.165) is 0 Å². The van der Waals surface area contributed by atoms with E-state index in [1.54, 1.807) is 0 Å². The van der Waals surface area contributed by atoms with Gasteiger partial charge in [0.2, 0.25) is 0 Å². The first kappa shape index (κ1) is 11.0. The van der Waals surface area contributed by atoms with Gasteiger partial charge in [-0.05, 0) is 0 Å². The van der Waals surface area contributed by atoms with Crippen LogP contribution < -0.4 is 18.9 Å². The Morgan fingerprint density at radius 3 is 2.38 bits per heavy atom. The number of hydrogen-bond acceptors (Lipinski definition) is 4. The Morgan fingerprint density at radius 2 is 2.38 bits per heavy atom. The zero-order valence-corrected chi connectivity index (χ0v) is 4.83. The molecule has 0 heterocycles. The fourth-order valence-electron chi connectivity index (χ4n) is 0.0597. The molecule has 0 rings (SSSR count). The van der Waals surface area contributed by atoms with Crippen LogP contribution in [0.4, 0.5) is 4.39 Å². The van der Waals surface area contributed by atoms with Crippen molar-refractivity contribution in [3.8, 4) is 0 Å². The first-order chi connectivity index (χ1) is 3.13. The summed E-state index contributed by atoms with van der Waals surface area (Å²) in [6.07, 6.45) is -1.83. The molecule has 0 aromatic heterocycles. The van der Waals surface area contributed by atoms with Crippen LogP contribution in [0.3, 0.4) is 0 Å². The van der Waals surface area contributed by atoms with Crippen LogP contribution in [0.1, 0.15) is 1.43 Å². The van der Waals surface area contributed by atoms with Crippen LogP contribution in [0.5, 0.6) is 0 Å². The Morgan fingerprint density at radius 1 is 2.00 bits per heavy atom. The van der Waals surface area contributed by atoms with Gasteiger partial charge in [-0.1, -0.05) is 0 Å². The van der Waals surface area contributed by atoms with E-state index in [1.165, 1.54) is 0 Å². The Kier molecular flexibility index (Phi) is 7.20. The minimum absolute atomic E-state index is 0. The third kappa shape index (κ3) is 9.44. The zero-order valence-electron chi connectivity index (χ0n) is 5.01. The van der Waals surface area contributed by atoms with Crippen molar-refractivity contribution >= 4 is 17.5 Å². The van der Waals surface area contributed by atoms with E-state index < -0.39 is 17.5 Å². The van der Waals surface area contributed by atoms with Crippen LogP contribution >= 0.6 is 0 Å².